The molecule has 0 saturated carbocycles. The zero-order chi connectivity index (χ0) is 27.0. The van der Waals surface area contributed by atoms with Crippen LogP contribution in [0.1, 0.15) is 27.9 Å². The first-order chi connectivity index (χ1) is 17.4. The van der Waals surface area contributed by atoms with Crippen molar-refractivity contribution < 1.29 is 34.8 Å². The fraction of sp³-hybridized carbons (Fsp3) is 0.321. The lowest BCUT2D eigenvalue weighted by molar-refractivity contribution is -0.148. The molecule has 3 aliphatic rings. The number of aryl methyl sites for hydroxylation is 1. The van der Waals surface area contributed by atoms with Crippen molar-refractivity contribution in [2.24, 2.45) is 17.6 Å². The number of ketones is 2. The van der Waals surface area contributed by atoms with Gasteiger partial charge >= 0.3 is 0 Å². The quantitative estimate of drug-likeness (QED) is 0.397. The molecule has 0 fully saturated rings. The van der Waals surface area contributed by atoms with Crippen LogP contribution in [0.4, 0.5) is 0 Å². The molecule has 4 atom stereocenters. The molecule has 0 aliphatic heterocycles. The number of rotatable bonds is 3. The Kier molecular flexibility index (Phi) is 5.54. The van der Waals surface area contributed by atoms with Gasteiger partial charge in [0.25, 0.3) is 5.91 Å². The summed E-state index contributed by atoms with van der Waals surface area (Å²) in [6.45, 7) is 1.96. The van der Waals surface area contributed by atoms with Crippen LogP contribution in [-0.4, -0.2) is 68.5 Å². The van der Waals surface area contributed by atoms with Gasteiger partial charge in [0, 0.05) is 11.5 Å². The molecule has 3 aliphatic carbocycles. The number of carbonyl (C=O) groups excluding carboxylic acids is 3. The second-order valence-electron chi connectivity index (χ2n) is 10.3. The number of amides is 1. The summed E-state index contributed by atoms with van der Waals surface area (Å²) in [5.74, 6) is -6.60. The molecule has 0 heterocycles. The standard InChI is InChI=1S/C28H28N2O7/c1-12-4-6-13(7-5-12)15-8-9-18(31)20-16(15)10-14-11-17-22(30(2)3)24(33)21(27(29)36)26(35)28(17,37)25(34)19(14)23(20)32/h4-9,14,17,22,31,33-34,37H,10-11H2,1-3H3,(H2,29,36)/t14-,17-,22-,28-/m0/s1. The van der Waals surface area contributed by atoms with E-state index in [-0.39, 0.29) is 29.7 Å². The Balaban J connectivity index is 1.72. The molecule has 5 rings (SSSR count). The number of nitrogens with zero attached hydrogens (tertiary/aromatic N) is 1. The van der Waals surface area contributed by atoms with E-state index in [2.05, 4.69) is 0 Å². The van der Waals surface area contributed by atoms with Crippen LogP contribution in [0, 0.1) is 18.8 Å². The maximum absolute atomic E-state index is 13.8. The van der Waals surface area contributed by atoms with Crippen molar-refractivity contribution in [3.8, 4) is 16.9 Å². The summed E-state index contributed by atoms with van der Waals surface area (Å²) in [6, 6.07) is 9.85. The Hall–Kier alpha value is -3.95. The molecule has 0 bridgehead atoms. The number of Topliss-reactive ketones (excluding diaryl/α,β-unsaturated/α-hetero) is 2. The number of fused-ring (bicyclic) bond motifs is 3. The minimum atomic E-state index is -2.64. The van der Waals surface area contributed by atoms with Gasteiger partial charge in [-0.1, -0.05) is 35.9 Å². The van der Waals surface area contributed by atoms with Gasteiger partial charge < -0.3 is 26.2 Å². The Morgan fingerprint density at radius 2 is 1.70 bits per heavy atom. The van der Waals surface area contributed by atoms with Crippen molar-refractivity contribution in [3.63, 3.8) is 0 Å². The molecule has 9 heteroatoms. The Bertz CT molecular complexity index is 1440. The molecule has 0 aromatic heterocycles. The highest BCUT2D eigenvalue weighted by Crippen LogP contribution is 2.53. The fourth-order valence-electron chi connectivity index (χ4n) is 6.25. The first-order valence-electron chi connectivity index (χ1n) is 12.0. The summed E-state index contributed by atoms with van der Waals surface area (Å²) in [4.78, 5) is 40.7. The van der Waals surface area contributed by atoms with Crippen LogP contribution < -0.4 is 5.73 Å². The topological polar surface area (TPSA) is 161 Å². The second kappa shape index (κ2) is 8.29. The van der Waals surface area contributed by atoms with Crippen LogP contribution in [0.25, 0.3) is 11.1 Å². The largest absolute Gasteiger partial charge is 0.510 e. The number of aliphatic hydroxyl groups excluding tert-OH is 2. The molecule has 6 N–H and O–H groups in total. The first-order valence-corrected chi connectivity index (χ1v) is 12.0. The van der Waals surface area contributed by atoms with Gasteiger partial charge in [0.1, 0.15) is 22.8 Å². The van der Waals surface area contributed by atoms with Crippen LogP contribution in [0.3, 0.4) is 0 Å². The molecule has 0 saturated heterocycles. The lowest BCUT2D eigenvalue weighted by Gasteiger charge is -2.50. The highest BCUT2D eigenvalue weighted by Gasteiger charge is 2.63. The van der Waals surface area contributed by atoms with Crippen molar-refractivity contribution in [2.75, 3.05) is 14.1 Å². The van der Waals surface area contributed by atoms with Crippen molar-refractivity contribution >= 4 is 17.5 Å². The van der Waals surface area contributed by atoms with Gasteiger partial charge in [-0.15, -0.1) is 0 Å². The third-order valence-electron chi connectivity index (χ3n) is 7.97. The summed E-state index contributed by atoms with van der Waals surface area (Å²) < 4.78 is 0. The molecule has 192 valence electrons. The van der Waals surface area contributed by atoms with E-state index >= 15 is 0 Å². The number of phenols is 1. The number of nitrogens with two attached hydrogens (primary N) is 1. The zero-order valence-electron chi connectivity index (χ0n) is 20.6. The maximum atomic E-state index is 13.8. The van der Waals surface area contributed by atoms with Gasteiger partial charge in [0.05, 0.1) is 11.6 Å². The van der Waals surface area contributed by atoms with Gasteiger partial charge in [0.15, 0.2) is 11.4 Å². The summed E-state index contributed by atoms with van der Waals surface area (Å²) in [7, 11) is 3.20. The van der Waals surface area contributed by atoms with Crippen LogP contribution in [0.5, 0.6) is 5.75 Å². The Morgan fingerprint density at radius 1 is 1.05 bits per heavy atom. The number of hydrogen-bond donors (Lipinski definition) is 5. The monoisotopic (exact) mass is 504 g/mol. The number of aromatic hydroxyl groups is 1. The third kappa shape index (κ3) is 3.34. The number of aliphatic hydroxyl groups is 3. The van der Waals surface area contributed by atoms with E-state index in [9.17, 15) is 34.8 Å². The average Bonchev–Trinajstić information content (AvgIpc) is 2.82. The highest BCUT2D eigenvalue weighted by molar-refractivity contribution is 6.24. The smallest absolute Gasteiger partial charge is 0.255 e. The molecule has 9 nitrogen and oxygen atoms in total. The lowest BCUT2D eigenvalue weighted by atomic mass is 9.58. The normalized spacial score (nSPS) is 27.2. The zero-order valence-corrected chi connectivity index (χ0v) is 20.6. The Morgan fingerprint density at radius 3 is 2.30 bits per heavy atom. The SMILES string of the molecule is Cc1ccc(-c2ccc(O)c3c2C[C@H]2C[C@H]4[C@H](N(C)C)C(O)=C(C(N)=O)C(=O)[C@@]4(O)C(O)=C2C3=O)cc1. The molecule has 37 heavy (non-hydrogen) atoms. The number of likely N-dealkylation sites (N-methyl/N-ethyl adjacent to an activating group) is 1. The van der Waals surface area contributed by atoms with E-state index in [1.165, 1.54) is 11.0 Å². The van der Waals surface area contributed by atoms with E-state index in [0.29, 0.717) is 5.56 Å². The van der Waals surface area contributed by atoms with E-state index in [1.807, 2.05) is 31.2 Å². The van der Waals surface area contributed by atoms with Crippen molar-refractivity contribution in [2.45, 2.75) is 31.4 Å². The van der Waals surface area contributed by atoms with Crippen molar-refractivity contribution in [3.05, 3.63) is 75.8 Å². The van der Waals surface area contributed by atoms with Gasteiger partial charge in [0.2, 0.25) is 5.78 Å². The predicted octanol–water partition coefficient (Wildman–Crippen LogP) is 2.10. The summed E-state index contributed by atoms with van der Waals surface area (Å²) in [6.07, 6.45) is 0.293. The van der Waals surface area contributed by atoms with Gasteiger partial charge in [-0.2, -0.15) is 0 Å². The van der Waals surface area contributed by atoms with Gasteiger partial charge in [-0.05, 0) is 62.5 Å². The van der Waals surface area contributed by atoms with E-state index in [0.717, 1.165) is 16.7 Å². The van der Waals surface area contributed by atoms with E-state index in [4.69, 9.17) is 5.73 Å². The minimum absolute atomic E-state index is 0.00106. The summed E-state index contributed by atoms with van der Waals surface area (Å²) in [5, 5.41) is 44.5. The molecular weight excluding hydrogens is 476 g/mol. The van der Waals surface area contributed by atoms with Crippen molar-refractivity contribution in [1.82, 2.24) is 4.90 Å². The molecule has 0 unspecified atom stereocenters. The number of phenolic OH excluding ortho intramolecular Hbond substituents is 1. The minimum Gasteiger partial charge on any atom is -0.510 e. The van der Waals surface area contributed by atoms with E-state index < -0.39 is 58.0 Å². The second-order valence-corrected chi connectivity index (χ2v) is 10.3. The maximum Gasteiger partial charge on any atom is 0.255 e. The summed E-state index contributed by atoms with van der Waals surface area (Å²) in [5.41, 5.74) is 4.99. The molecule has 0 radical (unpaired) electrons. The first kappa shape index (κ1) is 24.7. The molecule has 2 aromatic rings. The van der Waals surface area contributed by atoms with Gasteiger partial charge in [-0.3, -0.25) is 19.3 Å². The molecule has 2 aromatic carbocycles. The number of benzene rings is 2. The third-order valence-corrected chi connectivity index (χ3v) is 7.97. The van der Waals surface area contributed by atoms with Crippen LogP contribution in [0.2, 0.25) is 0 Å². The lowest BCUT2D eigenvalue weighted by Crippen LogP contribution is -2.63. The molecule has 0 spiro atoms. The predicted molar refractivity (Wildman–Crippen MR) is 134 cm³/mol. The Labute approximate surface area is 213 Å². The van der Waals surface area contributed by atoms with Crippen LogP contribution in [-0.2, 0) is 16.0 Å². The molecule has 1 amide bonds. The number of primary amides is 1. The fourth-order valence-corrected chi connectivity index (χ4v) is 6.25. The number of allylic oxidation sites excluding steroid dienone is 1. The van der Waals surface area contributed by atoms with Gasteiger partial charge in [-0.25, -0.2) is 0 Å². The van der Waals surface area contributed by atoms with Crippen molar-refractivity contribution in [1.29, 1.82) is 0 Å². The van der Waals surface area contributed by atoms with Crippen LogP contribution >= 0.6 is 0 Å². The average molecular weight is 505 g/mol. The number of hydrogen-bond acceptors (Lipinski definition) is 8. The van der Waals surface area contributed by atoms with E-state index in [1.54, 1.807) is 20.2 Å². The summed E-state index contributed by atoms with van der Waals surface area (Å²) >= 11 is 0. The van der Waals surface area contributed by atoms with Crippen LogP contribution in [0.15, 0.2) is 59.1 Å². The molecular formula is C28H28N2O7. The highest BCUT2D eigenvalue weighted by atomic mass is 16.3. The number of carbonyl (C=O) groups is 3.